The van der Waals surface area contributed by atoms with Gasteiger partial charge in [0.2, 0.25) is 5.91 Å². The van der Waals surface area contributed by atoms with Crippen LogP contribution in [0.4, 0.5) is 0 Å². The molecule has 1 unspecified atom stereocenters. The van der Waals surface area contributed by atoms with Crippen molar-refractivity contribution in [1.29, 1.82) is 0 Å². The molecule has 1 atom stereocenters. The standard InChI is InChI=1S/C10H12N2O3S3/c1-5(2)8(14)15-6(3)11-9(16)12-7(13)4-18-10(12)17/h6H,1,4H2,2-3H3,(H,11,16). The minimum Gasteiger partial charge on any atom is -0.439 e. The highest BCUT2D eigenvalue weighted by atomic mass is 32.2. The Balaban J connectivity index is 2.54. The van der Waals surface area contributed by atoms with Crippen LogP contribution in [0.15, 0.2) is 12.2 Å². The molecule has 8 heteroatoms. The molecule has 98 valence electrons. The first-order chi connectivity index (χ1) is 8.32. The van der Waals surface area contributed by atoms with Crippen LogP contribution in [0.25, 0.3) is 0 Å². The van der Waals surface area contributed by atoms with E-state index in [9.17, 15) is 9.59 Å². The Morgan fingerprint density at radius 3 is 2.72 bits per heavy atom. The predicted molar refractivity (Wildman–Crippen MR) is 78.0 cm³/mol. The van der Waals surface area contributed by atoms with E-state index in [1.54, 1.807) is 13.8 Å². The summed E-state index contributed by atoms with van der Waals surface area (Å²) in [5, 5.41) is 2.86. The van der Waals surface area contributed by atoms with E-state index in [1.165, 1.54) is 16.7 Å². The number of thiocarbonyl (C=S) groups is 2. The quantitative estimate of drug-likeness (QED) is 0.364. The molecule has 1 saturated heterocycles. The van der Waals surface area contributed by atoms with E-state index in [1.807, 2.05) is 0 Å². The molecule has 1 amide bonds. The zero-order valence-corrected chi connectivity index (χ0v) is 12.3. The monoisotopic (exact) mass is 304 g/mol. The van der Waals surface area contributed by atoms with Gasteiger partial charge < -0.3 is 10.1 Å². The Kier molecular flexibility index (Phi) is 5.24. The van der Waals surface area contributed by atoms with Crippen LogP contribution < -0.4 is 5.32 Å². The average molecular weight is 304 g/mol. The van der Waals surface area contributed by atoms with E-state index in [0.29, 0.717) is 4.32 Å². The fourth-order valence-corrected chi connectivity index (χ4v) is 2.62. The van der Waals surface area contributed by atoms with Crippen molar-refractivity contribution in [2.45, 2.75) is 20.1 Å². The Hall–Kier alpha value is -0.990. The molecule has 0 bridgehead atoms. The molecule has 1 aliphatic heterocycles. The van der Waals surface area contributed by atoms with E-state index in [-0.39, 0.29) is 22.3 Å². The number of esters is 1. The zero-order chi connectivity index (χ0) is 13.9. The van der Waals surface area contributed by atoms with Gasteiger partial charge >= 0.3 is 5.97 Å². The number of nitrogens with one attached hydrogen (secondary N) is 1. The molecule has 0 aromatic carbocycles. The van der Waals surface area contributed by atoms with Gasteiger partial charge in [-0.3, -0.25) is 4.79 Å². The van der Waals surface area contributed by atoms with Crippen molar-refractivity contribution >= 4 is 57.5 Å². The molecule has 0 saturated carbocycles. The van der Waals surface area contributed by atoms with Crippen molar-refractivity contribution < 1.29 is 14.3 Å². The minimum atomic E-state index is -0.664. The van der Waals surface area contributed by atoms with Crippen molar-refractivity contribution in [2.24, 2.45) is 0 Å². The summed E-state index contributed by atoms with van der Waals surface area (Å²) in [7, 11) is 0. The molecule has 5 nitrogen and oxygen atoms in total. The number of ether oxygens (including phenoxy) is 1. The number of hydrogen-bond acceptors (Lipinski definition) is 6. The van der Waals surface area contributed by atoms with Crippen LogP contribution in [0.1, 0.15) is 13.8 Å². The van der Waals surface area contributed by atoms with Gasteiger partial charge in [0.1, 0.15) is 4.32 Å². The van der Waals surface area contributed by atoms with E-state index >= 15 is 0 Å². The lowest BCUT2D eigenvalue weighted by molar-refractivity contribution is -0.144. The molecule has 0 aromatic rings. The van der Waals surface area contributed by atoms with Crippen LogP contribution in [0.3, 0.4) is 0 Å². The first kappa shape index (κ1) is 15.1. The minimum absolute atomic E-state index is 0.136. The highest BCUT2D eigenvalue weighted by molar-refractivity contribution is 8.24. The highest BCUT2D eigenvalue weighted by Crippen LogP contribution is 2.19. The summed E-state index contributed by atoms with van der Waals surface area (Å²) in [6, 6.07) is 0. The first-order valence-corrected chi connectivity index (χ1v) is 6.80. The van der Waals surface area contributed by atoms with Gasteiger partial charge in [-0.15, -0.1) is 0 Å². The van der Waals surface area contributed by atoms with Gasteiger partial charge in [-0.25, -0.2) is 9.69 Å². The van der Waals surface area contributed by atoms with Gasteiger partial charge in [-0.1, -0.05) is 30.6 Å². The largest absolute Gasteiger partial charge is 0.439 e. The van der Waals surface area contributed by atoms with Gasteiger partial charge in [-0.05, 0) is 26.1 Å². The predicted octanol–water partition coefficient (Wildman–Crippen LogP) is 1.19. The molecule has 0 spiro atoms. The molecule has 0 radical (unpaired) electrons. The summed E-state index contributed by atoms with van der Waals surface area (Å²) < 4.78 is 5.39. The molecular weight excluding hydrogens is 292 g/mol. The number of thioether (sulfide) groups is 1. The van der Waals surface area contributed by atoms with E-state index in [0.717, 1.165) is 0 Å². The summed E-state index contributed by atoms with van der Waals surface area (Å²) in [5.41, 5.74) is 0.290. The fraction of sp³-hybridized carbons (Fsp3) is 0.400. The van der Waals surface area contributed by atoms with Crippen molar-refractivity contribution in [3.8, 4) is 0 Å². The third-order valence-corrected chi connectivity index (χ3v) is 3.57. The normalized spacial score (nSPS) is 16.4. The second kappa shape index (κ2) is 6.26. The van der Waals surface area contributed by atoms with Crippen molar-refractivity contribution in [1.82, 2.24) is 10.2 Å². The summed E-state index contributed by atoms with van der Waals surface area (Å²) in [6.07, 6.45) is -0.664. The van der Waals surface area contributed by atoms with Gasteiger partial charge in [0.15, 0.2) is 11.3 Å². The summed E-state index contributed by atoms with van der Waals surface area (Å²) >= 11 is 11.3. The summed E-state index contributed by atoms with van der Waals surface area (Å²) in [6.45, 7) is 6.61. The Bertz CT molecular complexity index is 420. The van der Waals surface area contributed by atoms with Gasteiger partial charge in [-0.2, -0.15) is 0 Å². The fourth-order valence-electron chi connectivity index (χ4n) is 1.08. The molecule has 1 fully saturated rings. The van der Waals surface area contributed by atoms with Crippen LogP contribution in [0.5, 0.6) is 0 Å². The Labute approximate surface area is 120 Å². The van der Waals surface area contributed by atoms with Crippen LogP contribution in [-0.2, 0) is 14.3 Å². The van der Waals surface area contributed by atoms with E-state index in [2.05, 4.69) is 11.9 Å². The Morgan fingerprint density at radius 2 is 2.28 bits per heavy atom. The summed E-state index contributed by atoms with van der Waals surface area (Å²) in [4.78, 5) is 24.0. The van der Waals surface area contributed by atoms with Crippen LogP contribution in [0.2, 0.25) is 0 Å². The number of carbonyl (C=O) groups excluding carboxylic acids is 2. The van der Waals surface area contributed by atoms with Crippen LogP contribution in [-0.4, -0.2) is 38.2 Å². The Morgan fingerprint density at radius 1 is 1.67 bits per heavy atom. The van der Waals surface area contributed by atoms with Gasteiger partial charge in [0.25, 0.3) is 0 Å². The molecule has 0 aliphatic carbocycles. The molecule has 1 aliphatic rings. The second-order valence-corrected chi connectivity index (χ2v) is 5.56. The number of nitrogens with zero attached hydrogens (tertiary/aromatic N) is 1. The SMILES string of the molecule is C=C(C)C(=O)OC(C)NC(=S)N1C(=O)CSC1=S. The lowest BCUT2D eigenvalue weighted by atomic mass is 10.4. The third-order valence-electron chi connectivity index (χ3n) is 1.91. The molecule has 1 heterocycles. The maximum Gasteiger partial charge on any atom is 0.335 e. The van der Waals surface area contributed by atoms with Gasteiger partial charge in [0, 0.05) is 5.57 Å². The van der Waals surface area contributed by atoms with Crippen molar-refractivity contribution in [3.05, 3.63) is 12.2 Å². The molecule has 18 heavy (non-hydrogen) atoms. The molecular formula is C10H12N2O3S3. The average Bonchev–Trinajstić information content (AvgIpc) is 2.57. The van der Waals surface area contributed by atoms with E-state index < -0.39 is 12.2 Å². The zero-order valence-electron chi connectivity index (χ0n) is 9.89. The second-order valence-electron chi connectivity index (χ2n) is 3.56. The first-order valence-electron chi connectivity index (χ1n) is 4.99. The van der Waals surface area contributed by atoms with Crippen LogP contribution >= 0.6 is 36.2 Å². The van der Waals surface area contributed by atoms with E-state index in [4.69, 9.17) is 29.2 Å². The molecule has 0 aromatic heterocycles. The smallest absolute Gasteiger partial charge is 0.335 e. The topological polar surface area (TPSA) is 58.6 Å². The molecule has 1 N–H and O–H groups in total. The number of carbonyl (C=O) groups is 2. The lowest BCUT2D eigenvalue weighted by Gasteiger charge is -2.21. The van der Waals surface area contributed by atoms with Gasteiger partial charge in [0.05, 0.1) is 5.75 Å². The summed E-state index contributed by atoms with van der Waals surface area (Å²) in [5.74, 6) is -0.427. The third kappa shape index (κ3) is 3.76. The maximum atomic E-state index is 11.5. The highest BCUT2D eigenvalue weighted by Gasteiger charge is 2.30. The molecule has 1 rings (SSSR count). The van der Waals surface area contributed by atoms with Crippen molar-refractivity contribution in [3.63, 3.8) is 0 Å². The number of hydrogen-bond donors (Lipinski definition) is 1. The van der Waals surface area contributed by atoms with Crippen molar-refractivity contribution in [2.75, 3.05) is 5.75 Å². The lowest BCUT2D eigenvalue weighted by Crippen LogP contribution is -2.47. The number of amides is 1. The number of rotatable bonds is 3. The maximum absolute atomic E-state index is 11.5. The van der Waals surface area contributed by atoms with Crippen LogP contribution in [0, 0.1) is 0 Å².